The molecule has 0 saturated heterocycles. The molecule has 0 bridgehead atoms. The van der Waals surface area contributed by atoms with Gasteiger partial charge < -0.3 is 11.5 Å². The Labute approximate surface area is 102 Å². The van der Waals surface area contributed by atoms with Gasteiger partial charge in [0.1, 0.15) is 5.78 Å². The second kappa shape index (κ2) is 3.62. The highest BCUT2D eigenvalue weighted by Crippen LogP contribution is 2.53. The van der Waals surface area contributed by atoms with Gasteiger partial charge in [-0.3, -0.25) is 9.59 Å². The quantitative estimate of drug-likeness (QED) is 0.606. The smallest absolute Gasteiger partial charge is 0.152 e. The summed E-state index contributed by atoms with van der Waals surface area (Å²) >= 11 is 0. The van der Waals surface area contributed by atoms with Gasteiger partial charge in [0, 0.05) is 23.4 Å². The Kier molecular flexibility index (Phi) is 2.71. The Hall–Kier alpha value is -0.740. The number of ketones is 2. The minimum Gasteiger partial charge on any atom is -0.326 e. The normalized spacial score (nSPS) is 45.6. The first-order valence-electron chi connectivity index (χ1n) is 6.34. The molecule has 2 aliphatic rings. The van der Waals surface area contributed by atoms with E-state index in [0.29, 0.717) is 19.3 Å². The van der Waals surface area contributed by atoms with E-state index in [1.165, 1.54) is 0 Å². The van der Waals surface area contributed by atoms with Crippen molar-refractivity contribution in [2.75, 3.05) is 0 Å². The first-order chi connectivity index (χ1) is 7.73. The van der Waals surface area contributed by atoms with Crippen LogP contribution in [0.25, 0.3) is 0 Å². The lowest BCUT2D eigenvalue weighted by Gasteiger charge is -2.38. The zero-order valence-electron chi connectivity index (χ0n) is 10.8. The molecule has 0 aromatic carbocycles. The summed E-state index contributed by atoms with van der Waals surface area (Å²) in [6, 6.07) is -0.321. The van der Waals surface area contributed by atoms with Crippen LogP contribution in [0.5, 0.6) is 0 Å². The van der Waals surface area contributed by atoms with Gasteiger partial charge in [0.2, 0.25) is 0 Å². The molecule has 2 rings (SSSR count). The van der Waals surface area contributed by atoms with Crippen LogP contribution in [0.1, 0.15) is 40.0 Å². The average Bonchev–Trinajstić information content (AvgIpc) is 2.39. The third-order valence-electron chi connectivity index (χ3n) is 5.01. The maximum absolute atomic E-state index is 12.6. The molecular formula is C13H22N2O2. The molecule has 0 aromatic heterocycles. The van der Waals surface area contributed by atoms with Crippen molar-refractivity contribution in [1.29, 1.82) is 0 Å². The summed E-state index contributed by atoms with van der Waals surface area (Å²) in [5, 5.41) is 0. The zero-order valence-corrected chi connectivity index (χ0v) is 10.8. The molecule has 4 nitrogen and oxygen atoms in total. The van der Waals surface area contributed by atoms with Crippen molar-refractivity contribution in [3.05, 3.63) is 0 Å². The van der Waals surface area contributed by atoms with Gasteiger partial charge in [-0.2, -0.15) is 0 Å². The largest absolute Gasteiger partial charge is 0.326 e. The molecule has 0 amide bonds. The highest BCUT2D eigenvalue weighted by molar-refractivity contribution is 6.17. The summed E-state index contributed by atoms with van der Waals surface area (Å²) < 4.78 is 0. The summed E-state index contributed by atoms with van der Waals surface area (Å²) in [6.45, 7) is 5.59. The van der Waals surface area contributed by atoms with E-state index in [1.54, 1.807) is 0 Å². The number of carbonyl (C=O) groups excluding carboxylic acids is 2. The van der Waals surface area contributed by atoms with Crippen molar-refractivity contribution in [2.45, 2.75) is 52.1 Å². The number of rotatable bonds is 0. The average molecular weight is 238 g/mol. The van der Waals surface area contributed by atoms with Gasteiger partial charge >= 0.3 is 0 Å². The molecule has 2 aliphatic carbocycles. The van der Waals surface area contributed by atoms with Crippen LogP contribution in [0.2, 0.25) is 0 Å². The fourth-order valence-electron chi connectivity index (χ4n) is 3.38. The Morgan fingerprint density at radius 3 is 2.18 bits per heavy atom. The highest BCUT2D eigenvalue weighted by Gasteiger charge is 2.63. The maximum atomic E-state index is 12.6. The van der Waals surface area contributed by atoms with E-state index in [9.17, 15) is 9.59 Å². The molecule has 0 aliphatic heterocycles. The van der Waals surface area contributed by atoms with Crippen LogP contribution >= 0.6 is 0 Å². The number of nitrogens with two attached hydrogens (primary N) is 2. The minimum absolute atomic E-state index is 0.0739. The lowest BCUT2D eigenvalue weighted by atomic mass is 9.67. The molecule has 4 N–H and O–H groups in total. The molecule has 0 aromatic rings. The van der Waals surface area contributed by atoms with Crippen LogP contribution in [-0.4, -0.2) is 23.7 Å². The molecule has 2 fully saturated rings. The van der Waals surface area contributed by atoms with Gasteiger partial charge in [0.25, 0.3) is 0 Å². The van der Waals surface area contributed by atoms with E-state index in [1.807, 2.05) is 20.8 Å². The van der Waals surface area contributed by atoms with Crippen LogP contribution < -0.4 is 11.5 Å². The number of carbonyl (C=O) groups is 2. The van der Waals surface area contributed by atoms with E-state index in [2.05, 4.69) is 0 Å². The third kappa shape index (κ3) is 1.50. The maximum Gasteiger partial charge on any atom is 0.152 e. The van der Waals surface area contributed by atoms with Crippen molar-refractivity contribution >= 4 is 11.6 Å². The lowest BCUT2D eigenvalue weighted by molar-refractivity contribution is -0.140. The van der Waals surface area contributed by atoms with Gasteiger partial charge in [-0.05, 0) is 19.3 Å². The molecule has 17 heavy (non-hydrogen) atoms. The molecule has 2 saturated carbocycles. The molecule has 4 heteroatoms. The Balaban J connectivity index is 2.39. The van der Waals surface area contributed by atoms with Crippen molar-refractivity contribution < 1.29 is 9.59 Å². The summed E-state index contributed by atoms with van der Waals surface area (Å²) in [4.78, 5) is 25.0. The first kappa shape index (κ1) is 12.7. The van der Waals surface area contributed by atoms with Gasteiger partial charge in [-0.1, -0.05) is 20.8 Å². The van der Waals surface area contributed by atoms with Crippen molar-refractivity contribution in [3.63, 3.8) is 0 Å². The summed E-state index contributed by atoms with van der Waals surface area (Å²) in [6.07, 6.45) is 1.67. The van der Waals surface area contributed by atoms with E-state index in [4.69, 9.17) is 11.5 Å². The van der Waals surface area contributed by atoms with E-state index >= 15 is 0 Å². The summed E-state index contributed by atoms with van der Waals surface area (Å²) in [7, 11) is 0. The molecule has 4 atom stereocenters. The standard InChI is InChI=1S/C13H22N2O2/c1-7-10(16)13(11(17)12(7,2)3)5-4-8(14)9(15)6-13/h7-9H,4-6,14-15H2,1-3H3. The SMILES string of the molecule is CC1C(=O)C2(CCC(N)C(N)C2)C(=O)C1(C)C. The molecule has 4 unspecified atom stereocenters. The summed E-state index contributed by atoms with van der Waals surface area (Å²) in [5.41, 5.74) is 10.4. The molecule has 0 heterocycles. The summed E-state index contributed by atoms with van der Waals surface area (Å²) in [5.74, 6) is -0.0591. The predicted molar refractivity (Wildman–Crippen MR) is 65.2 cm³/mol. The van der Waals surface area contributed by atoms with Crippen LogP contribution in [0.4, 0.5) is 0 Å². The molecule has 96 valence electrons. The first-order valence-corrected chi connectivity index (χ1v) is 6.34. The Morgan fingerprint density at radius 1 is 1.18 bits per heavy atom. The van der Waals surface area contributed by atoms with E-state index < -0.39 is 10.8 Å². The third-order valence-corrected chi connectivity index (χ3v) is 5.01. The number of Topliss-reactive ketones (excluding diaryl/α,β-unsaturated/α-hetero) is 2. The highest BCUT2D eigenvalue weighted by atomic mass is 16.2. The second-order valence-electron chi connectivity index (χ2n) is 6.29. The fraction of sp³-hybridized carbons (Fsp3) is 0.846. The topological polar surface area (TPSA) is 86.2 Å². The Bertz CT molecular complexity index is 378. The fourth-order valence-corrected chi connectivity index (χ4v) is 3.38. The van der Waals surface area contributed by atoms with E-state index in [0.717, 1.165) is 0 Å². The molecular weight excluding hydrogens is 216 g/mol. The van der Waals surface area contributed by atoms with Gasteiger partial charge in [0.05, 0.1) is 5.41 Å². The lowest BCUT2D eigenvalue weighted by Crippen LogP contribution is -2.53. The predicted octanol–water partition coefficient (Wildman–Crippen LogP) is 0.625. The molecule has 0 radical (unpaired) electrons. The van der Waals surface area contributed by atoms with Gasteiger partial charge in [-0.15, -0.1) is 0 Å². The van der Waals surface area contributed by atoms with Crippen molar-refractivity contribution in [3.8, 4) is 0 Å². The minimum atomic E-state index is -0.835. The van der Waals surface area contributed by atoms with Crippen molar-refractivity contribution in [1.82, 2.24) is 0 Å². The Morgan fingerprint density at radius 2 is 1.76 bits per heavy atom. The zero-order chi connectivity index (χ0) is 13.0. The van der Waals surface area contributed by atoms with Crippen LogP contribution in [-0.2, 0) is 9.59 Å². The second-order valence-corrected chi connectivity index (χ2v) is 6.29. The van der Waals surface area contributed by atoms with Crippen LogP contribution in [0.3, 0.4) is 0 Å². The number of hydrogen-bond donors (Lipinski definition) is 2. The number of hydrogen-bond acceptors (Lipinski definition) is 4. The van der Waals surface area contributed by atoms with Crippen LogP contribution in [0.15, 0.2) is 0 Å². The van der Waals surface area contributed by atoms with E-state index in [-0.39, 0.29) is 29.6 Å². The monoisotopic (exact) mass is 238 g/mol. The van der Waals surface area contributed by atoms with Crippen molar-refractivity contribution in [2.24, 2.45) is 28.2 Å². The van der Waals surface area contributed by atoms with Crippen LogP contribution in [0, 0.1) is 16.7 Å². The molecule has 1 spiro atoms. The van der Waals surface area contributed by atoms with Gasteiger partial charge in [0.15, 0.2) is 5.78 Å². The van der Waals surface area contributed by atoms with Gasteiger partial charge in [-0.25, -0.2) is 0 Å².